The van der Waals surface area contributed by atoms with Gasteiger partial charge in [-0.2, -0.15) is 0 Å². The lowest BCUT2D eigenvalue weighted by Gasteiger charge is -1.99. The Hall–Kier alpha value is -1.49. The summed E-state index contributed by atoms with van der Waals surface area (Å²) in [6.45, 7) is 1.36. The smallest absolute Gasteiger partial charge is 0.259 e. The van der Waals surface area contributed by atoms with Gasteiger partial charge >= 0.3 is 0 Å². The highest BCUT2D eigenvalue weighted by Gasteiger charge is 2.06. The highest BCUT2D eigenvalue weighted by atomic mass is 79.9. The third kappa shape index (κ3) is 1.83. The molecule has 0 unspecified atom stereocenters. The first-order chi connectivity index (χ1) is 7.08. The molecule has 1 N–H and O–H groups in total. The van der Waals surface area contributed by atoms with Crippen LogP contribution in [0.1, 0.15) is 17.5 Å². The molecule has 0 radical (unpaired) electrons. The number of aromatic nitrogens is 2. The van der Waals surface area contributed by atoms with Gasteiger partial charge in [0.25, 0.3) is 5.56 Å². The molecule has 15 heavy (non-hydrogen) atoms. The maximum atomic E-state index is 11.6. The largest absolute Gasteiger partial charge is 0.303 e. The molecule has 0 saturated carbocycles. The summed E-state index contributed by atoms with van der Waals surface area (Å²) in [4.78, 5) is 29.1. The second-order valence-corrected chi connectivity index (χ2v) is 4.05. The van der Waals surface area contributed by atoms with Crippen LogP contribution in [0.4, 0.5) is 0 Å². The molecule has 1 aromatic heterocycles. The van der Waals surface area contributed by atoms with Crippen LogP contribution in [0.25, 0.3) is 10.9 Å². The van der Waals surface area contributed by atoms with Crippen molar-refractivity contribution in [2.75, 3.05) is 0 Å². The Kier molecular flexibility index (Phi) is 2.40. The number of benzene rings is 1. The van der Waals surface area contributed by atoms with Crippen LogP contribution in [0.5, 0.6) is 0 Å². The number of Topliss-reactive ketones (excluding diaryl/α,β-unsaturated/α-hetero) is 1. The number of nitrogens with one attached hydrogen (secondary N) is 1. The SMILES string of the molecule is CC(=O)c1nc2cc(Br)ccc2c(=O)[nH]1. The Morgan fingerprint density at radius 2 is 2.20 bits per heavy atom. The summed E-state index contributed by atoms with van der Waals surface area (Å²) in [6, 6.07) is 5.12. The van der Waals surface area contributed by atoms with Gasteiger partial charge in [-0.05, 0) is 18.2 Å². The molecule has 0 aliphatic heterocycles. The minimum atomic E-state index is -0.294. The Balaban J connectivity index is 2.85. The third-order valence-electron chi connectivity index (χ3n) is 2.00. The van der Waals surface area contributed by atoms with Crippen LogP contribution in [-0.4, -0.2) is 15.8 Å². The van der Waals surface area contributed by atoms with Crippen molar-refractivity contribution in [2.45, 2.75) is 6.92 Å². The van der Waals surface area contributed by atoms with E-state index in [9.17, 15) is 9.59 Å². The van der Waals surface area contributed by atoms with Crippen molar-refractivity contribution in [3.8, 4) is 0 Å². The van der Waals surface area contributed by atoms with Crippen LogP contribution < -0.4 is 5.56 Å². The Morgan fingerprint density at radius 3 is 2.87 bits per heavy atom. The Morgan fingerprint density at radius 1 is 1.47 bits per heavy atom. The first-order valence-corrected chi connectivity index (χ1v) is 5.08. The van der Waals surface area contributed by atoms with E-state index in [-0.39, 0.29) is 17.2 Å². The van der Waals surface area contributed by atoms with Crippen molar-refractivity contribution in [1.82, 2.24) is 9.97 Å². The van der Waals surface area contributed by atoms with Crippen molar-refractivity contribution >= 4 is 32.6 Å². The Labute approximate surface area is 93.5 Å². The quantitative estimate of drug-likeness (QED) is 0.802. The average molecular weight is 267 g/mol. The lowest BCUT2D eigenvalue weighted by Crippen LogP contribution is -2.14. The summed E-state index contributed by atoms with van der Waals surface area (Å²) in [5.41, 5.74) is 0.219. The number of hydrogen-bond donors (Lipinski definition) is 1. The van der Waals surface area contributed by atoms with Gasteiger partial charge in [0.1, 0.15) is 0 Å². The number of rotatable bonds is 1. The highest BCUT2D eigenvalue weighted by molar-refractivity contribution is 9.10. The number of carbonyl (C=O) groups is 1. The number of halogens is 1. The zero-order valence-corrected chi connectivity index (χ0v) is 9.46. The first kappa shape index (κ1) is 10.0. The fraction of sp³-hybridized carbons (Fsp3) is 0.100. The Bertz CT molecular complexity index is 604. The highest BCUT2D eigenvalue weighted by Crippen LogP contribution is 2.15. The van der Waals surface area contributed by atoms with E-state index in [0.29, 0.717) is 10.9 Å². The minimum absolute atomic E-state index is 0.0885. The molecule has 1 aromatic carbocycles. The van der Waals surface area contributed by atoms with Gasteiger partial charge in [-0.3, -0.25) is 9.59 Å². The van der Waals surface area contributed by atoms with Crippen LogP contribution in [0.2, 0.25) is 0 Å². The van der Waals surface area contributed by atoms with Gasteiger partial charge < -0.3 is 4.98 Å². The molecule has 2 rings (SSSR count). The molecule has 2 aromatic rings. The molecule has 0 saturated heterocycles. The third-order valence-corrected chi connectivity index (χ3v) is 2.50. The van der Waals surface area contributed by atoms with E-state index in [1.165, 1.54) is 6.92 Å². The molecular formula is C10H7BrN2O2. The number of fused-ring (bicyclic) bond motifs is 1. The molecule has 5 heteroatoms. The van der Waals surface area contributed by atoms with Gasteiger partial charge in [0, 0.05) is 11.4 Å². The summed E-state index contributed by atoms with van der Waals surface area (Å²) in [6.07, 6.45) is 0. The zero-order chi connectivity index (χ0) is 11.0. The molecule has 0 spiro atoms. The van der Waals surface area contributed by atoms with Crippen LogP contribution in [0, 0.1) is 0 Å². The second-order valence-electron chi connectivity index (χ2n) is 3.13. The standard InChI is InChI=1S/C10H7BrN2O2/c1-5(14)9-12-8-4-6(11)2-3-7(8)10(15)13-9/h2-4H,1H3,(H,12,13,15). The molecule has 0 fully saturated rings. The maximum absolute atomic E-state index is 11.6. The lowest BCUT2D eigenvalue weighted by atomic mass is 10.2. The number of ketones is 1. The molecule has 0 aliphatic rings. The lowest BCUT2D eigenvalue weighted by molar-refractivity contribution is 0.100. The predicted molar refractivity (Wildman–Crippen MR) is 60.1 cm³/mol. The molecule has 76 valence electrons. The molecule has 0 amide bonds. The summed E-state index contributed by atoms with van der Waals surface area (Å²) >= 11 is 3.28. The fourth-order valence-electron chi connectivity index (χ4n) is 1.28. The molecule has 4 nitrogen and oxygen atoms in total. The maximum Gasteiger partial charge on any atom is 0.259 e. The van der Waals surface area contributed by atoms with Gasteiger partial charge in [-0.15, -0.1) is 0 Å². The van der Waals surface area contributed by atoms with Gasteiger partial charge in [-0.25, -0.2) is 4.98 Å². The normalized spacial score (nSPS) is 10.5. The van der Waals surface area contributed by atoms with E-state index in [4.69, 9.17) is 0 Å². The number of aromatic amines is 1. The van der Waals surface area contributed by atoms with E-state index in [1.54, 1.807) is 18.2 Å². The molecule has 1 heterocycles. The van der Waals surface area contributed by atoms with Gasteiger partial charge in [0.05, 0.1) is 10.9 Å². The molecule has 0 aliphatic carbocycles. The summed E-state index contributed by atoms with van der Waals surface area (Å²) in [7, 11) is 0. The van der Waals surface area contributed by atoms with Gasteiger partial charge in [0.2, 0.25) is 0 Å². The number of carbonyl (C=O) groups excluding carboxylic acids is 1. The summed E-state index contributed by atoms with van der Waals surface area (Å²) in [5, 5.41) is 0.475. The summed E-state index contributed by atoms with van der Waals surface area (Å²) < 4.78 is 0.822. The second kappa shape index (κ2) is 3.58. The molecule has 0 bridgehead atoms. The van der Waals surface area contributed by atoms with Crippen LogP contribution in [0.15, 0.2) is 27.5 Å². The zero-order valence-electron chi connectivity index (χ0n) is 7.87. The topological polar surface area (TPSA) is 62.8 Å². The van der Waals surface area contributed by atoms with Crippen molar-refractivity contribution < 1.29 is 4.79 Å². The van der Waals surface area contributed by atoms with E-state index in [2.05, 4.69) is 25.9 Å². The number of nitrogens with zero attached hydrogens (tertiary/aromatic N) is 1. The number of H-pyrrole nitrogens is 1. The monoisotopic (exact) mass is 266 g/mol. The van der Waals surface area contributed by atoms with Crippen LogP contribution in [-0.2, 0) is 0 Å². The summed E-state index contributed by atoms with van der Waals surface area (Å²) in [5.74, 6) is -0.167. The van der Waals surface area contributed by atoms with Gasteiger partial charge in [0.15, 0.2) is 11.6 Å². The van der Waals surface area contributed by atoms with Crippen LogP contribution in [0.3, 0.4) is 0 Å². The van der Waals surface area contributed by atoms with Crippen molar-refractivity contribution in [2.24, 2.45) is 0 Å². The van der Waals surface area contributed by atoms with Crippen molar-refractivity contribution in [1.29, 1.82) is 0 Å². The minimum Gasteiger partial charge on any atom is -0.303 e. The van der Waals surface area contributed by atoms with Gasteiger partial charge in [-0.1, -0.05) is 15.9 Å². The van der Waals surface area contributed by atoms with E-state index < -0.39 is 0 Å². The van der Waals surface area contributed by atoms with Crippen molar-refractivity contribution in [3.05, 3.63) is 38.9 Å². The molecular weight excluding hydrogens is 260 g/mol. The van der Waals surface area contributed by atoms with Crippen LogP contribution >= 0.6 is 15.9 Å². The predicted octanol–water partition coefficient (Wildman–Crippen LogP) is 1.89. The van der Waals surface area contributed by atoms with E-state index >= 15 is 0 Å². The van der Waals surface area contributed by atoms with E-state index in [0.717, 1.165) is 4.47 Å². The van der Waals surface area contributed by atoms with E-state index in [1.807, 2.05) is 0 Å². The molecule has 0 atom stereocenters. The fourth-order valence-corrected chi connectivity index (χ4v) is 1.63. The first-order valence-electron chi connectivity index (χ1n) is 4.28. The van der Waals surface area contributed by atoms with Crippen molar-refractivity contribution in [3.63, 3.8) is 0 Å². The average Bonchev–Trinajstić information content (AvgIpc) is 2.16. The number of hydrogen-bond acceptors (Lipinski definition) is 3.